The van der Waals surface area contributed by atoms with Gasteiger partial charge in [0.2, 0.25) is 5.89 Å². The lowest BCUT2D eigenvalue weighted by molar-refractivity contribution is 0.312. The third-order valence-electron chi connectivity index (χ3n) is 2.39. The summed E-state index contributed by atoms with van der Waals surface area (Å²) in [7, 11) is 3.83. The van der Waals surface area contributed by atoms with Gasteiger partial charge in [-0.3, -0.25) is 0 Å². The van der Waals surface area contributed by atoms with Crippen LogP contribution in [0.3, 0.4) is 0 Å². The van der Waals surface area contributed by atoms with Gasteiger partial charge < -0.3 is 19.4 Å². The van der Waals surface area contributed by atoms with Crippen molar-refractivity contribution in [2.75, 3.05) is 32.6 Å². The number of nitrogens with zero attached hydrogens (tertiary/aromatic N) is 3. The molecule has 0 bridgehead atoms. The average molecular weight is 280 g/mol. The Bertz CT molecular complexity index is 545. The number of rotatable bonds is 7. The van der Waals surface area contributed by atoms with E-state index in [2.05, 4.69) is 15.5 Å². The van der Waals surface area contributed by atoms with Crippen molar-refractivity contribution in [1.29, 1.82) is 0 Å². The average Bonchev–Trinajstić information content (AvgIpc) is 2.83. The van der Waals surface area contributed by atoms with E-state index < -0.39 is 0 Å². The van der Waals surface area contributed by atoms with Gasteiger partial charge in [0.25, 0.3) is 0 Å². The molecular formula is C13H17FN4O2. The lowest BCUT2D eigenvalue weighted by atomic mass is 10.3. The Labute approximate surface area is 116 Å². The molecule has 2 rings (SSSR count). The molecule has 7 heteroatoms. The maximum Gasteiger partial charge on any atom is 0.315 e. The molecule has 20 heavy (non-hydrogen) atoms. The fourth-order valence-electron chi connectivity index (χ4n) is 1.54. The highest BCUT2D eigenvalue weighted by molar-refractivity contribution is 5.24. The molecule has 0 aliphatic rings. The van der Waals surface area contributed by atoms with Gasteiger partial charge in [0.15, 0.2) is 11.6 Å². The van der Waals surface area contributed by atoms with Gasteiger partial charge in [0.05, 0.1) is 13.1 Å². The molecule has 0 atom stereocenters. The van der Waals surface area contributed by atoms with Crippen LogP contribution in [0, 0.1) is 5.82 Å². The van der Waals surface area contributed by atoms with Gasteiger partial charge >= 0.3 is 6.01 Å². The van der Waals surface area contributed by atoms with Gasteiger partial charge in [-0.05, 0) is 26.2 Å². The molecular weight excluding hydrogens is 263 g/mol. The summed E-state index contributed by atoms with van der Waals surface area (Å²) in [6.45, 7) is 1.32. The summed E-state index contributed by atoms with van der Waals surface area (Å²) in [4.78, 5) is 1.93. The van der Waals surface area contributed by atoms with Crippen LogP contribution < -0.4 is 10.1 Å². The molecule has 108 valence electrons. The molecule has 1 heterocycles. The molecule has 0 aliphatic carbocycles. The SMILES string of the molecule is CN(C)Cc1nnc(NCCOc2ccccc2F)o1. The molecule has 1 aromatic heterocycles. The van der Waals surface area contributed by atoms with E-state index in [0.717, 1.165) is 0 Å². The number of aromatic nitrogens is 2. The van der Waals surface area contributed by atoms with Gasteiger partial charge in [-0.1, -0.05) is 17.2 Å². The molecule has 0 aliphatic heterocycles. The maximum absolute atomic E-state index is 13.3. The number of nitrogens with one attached hydrogen (secondary N) is 1. The first-order valence-corrected chi connectivity index (χ1v) is 6.23. The van der Waals surface area contributed by atoms with E-state index in [1.165, 1.54) is 6.07 Å². The monoisotopic (exact) mass is 280 g/mol. The van der Waals surface area contributed by atoms with Crippen LogP contribution in [0.15, 0.2) is 28.7 Å². The predicted molar refractivity (Wildman–Crippen MR) is 72.1 cm³/mol. The fraction of sp³-hybridized carbons (Fsp3) is 0.385. The van der Waals surface area contributed by atoms with Crippen molar-refractivity contribution in [3.05, 3.63) is 36.0 Å². The summed E-state index contributed by atoms with van der Waals surface area (Å²) in [5, 5.41) is 10.7. The van der Waals surface area contributed by atoms with Crippen molar-refractivity contribution in [2.45, 2.75) is 6.54 Å². The molecule has 0 saturated heterocycles. The lowest BCUT2D eigenvalue weighted by Gasteiger charge is -2.06. The number of ether oxygens (including phenoxy) is 1. The third-order valence-corrected chi connectivity index (χ3v) is 2.39. The Balaban J connectivity index is 1.73. The molecule has 0 amide bonds. The Morgan fingerprint density at radius 2 is 2.10 bits per heavy atom. The van der Waals surface area contributed by atoms with E-state index in [4.69, 9.17) is 9.15 Å². The van der Waals surface area contributed by atoms with Gasteiger partial charge in [-0.25, -0.2) is 4.39 Å². The summed E-state index contributed by atoms with van der Waals surface area (Å²) in [5.74, 6) is 0.388. The minimum Gasteiger partial charge on any atom is -0.489 e. The Morgan fingerprint density at radius 1 is 1.30 bits per heavy atom. The third kappa shape index (κ3) is 4.20. The number of hydrogen-bond donors (Lipinski definition) is 1. The zero-order valence-corrected chi connectivity index (χ0v) is 11.5. The topological polar surface area (TPSA) is 63.4 Å². The standard InChI is InChI=1S/C13H17FN4O2/c1-18(2)9-12-16-17-13(20-12)15-7-8-19-11-6-4-3-5-10(11)14/h3-6H,7-9H2,1-2H3,(H,15,17). The van der Waals surface area contributed by atoms with Crippen molar-refractivity contribution >= 4 is 6.01 Å². The van der Waals surface area contributed by atoms with Gasteiger partial charge in [0, 0.05) is 0 Å². The number of para-hydroxylation sites is 1. The van der Waals surface area contributed by atoms with E-state index in [1.807, 2.05) is 19.0 Å². The summed E-state index contributed by atoms with van der Waals surface area (Å²) < 4.78 is 23.9. The van der Waals surface area contributed by atoms with Crippen LogP contribution in [0.4, 0.5) is 10.4 Å². The van der Waals surface area contributed by atoms with Crippen molar-refractivity contribution in [1.82, 2.24) is 15.1 Å². The normalized spacial score (nSPS) is 10.8. The summed E-state index contributed by atoms with van der Waals surface area (Å²) in [5.41, 5.74) is 0. The zero-order valence-electron chi connectivity index (χ0n) is 11.5. The minimum absolute atomic E-state index is 0.230. The number of hydrogen-bond acceptors (Lipinski definition) is 6. The molecule has 0 radical (unpaired) electrons. The van der Waals surface area contributed by atoms with Crippen LogP contribution in [-0.4, -0.2) is 42.3 Å². The first kappa shape index (κ1) is 14.3. The van der Waals surface area contributed by atoms with Crippen molar-refractivity contribution in [3.8, 4) is 5.75 Å². The second-order valence-corrected chi connectivity index (χ2v) is 4.44. The molecule has 1 aromatic carbocycles. The second kappa shape index (κ2) is 6.85. The van der Waals surface area contributed by atoms with E-state index >= 15 is 0 Å². The summed E-state index contributed by atoms with van der Waals surface area (Å²) in [6.07, 6.45) is 0. The molecule has 0 saturated carbocycles. The van der Waals surface area contributed by atoms with Gasteiger partial charge in [-0.2, -0.15) is 0 Å². The van der Waals surface area contributed by atoms with E-state index in [1.54, 1.807) is 18.2 Å². The number of halogens is 1. The quantitative estimate of drug-likeness (QED) is 0.780. The van der Waals surface area contributed by atoms with Crippen LogP contribution in [0.1, 0.15) is 5.89 Å². The van der Waals surface area contributed by atoms with Crippen molar-refractivity contribution < 1.29 is 13.5 Å². The highest BCUT2D eigenvalue weighted by Crippen LogP contribution is 2.15. The van der Waals surface area contributed by atoms with Crippen LogP contribution in [-0.2, 0) is 6.54 Å². The Hall–Kier alpha value is -2.15. The van der Waals surface area contributed by atoms with E-state index in [0.29, 0.717) is 31.6 Å². The lowest BCUT2D eigenvalue weighted by Crippen LogP contribution is -2.12. The Kier molecular flexibility index (Phi) is 4.89. The van der Waals surface area contributed by atoms with Crippen LogP contribution >= 0.6 is 0 Å². The minimum atomic E-state index is -0.376. The van der Waals surface area contributed by atoms with Crippen molar-refractivity contribution in [2.24, 2.45) is 0 Å². The highest BCUT2D eigenvalue weighted by atomic mass is 19.1. The van der Waals surface area contributed by atoms with Gasteiger partial charge in [0.1, 0.15) is 6.61 Å². The summed E-state index contributed by atoms with van der Waals surface area (Å²) in [6, 6.07) is 6.60. The highest BCUT2D eigenvalue weighted by Gasteiger charge is 2.06. The molecule has 2 aromatic rings. The molecule has 0 spiro atoms. The second-order valence-electron chi connectivity index (χ2n) is 4.44. The molecule has 1 N–H and O–H groups in total. The first-order valence-electron chi connectivity index (χ1n) is 6.23. The van der Waals surface area contributed by atoms with Crippen LogP contribution in [0.5, 0.6) is 5.75 Å². The zero-order chi connectivity index (χ0) is 14.4. The fourth-order valence-corrected chi connectivity index (χ4v) is 1.54. The number of benzene rings is 1. The van der Waals surface area contributed by atoms with Crippen LogP contribution in [0.25, 0.3) is 0 Å². The molecule has 0 fully saturated rings. The maximum atomic E-state index is 13.3. The van der Waals surface area contributed by atoms with Crippen molar-refractivity contribution in [3.63, 3.8) is 0 Å². The van der Waals surface area contributed by atoms with E-state index in [9.17, 15) is 4.39 Å². The summed E-state index contributed by atoms with van der Waals surface area (Å²) >= 11 is 0. The smallest absolute Gasteiger partial charge is 0.315 e. The molecule has 6 nitrogen and oxygen atoms in total. The van der Waals surface area contributed by atoms with Crippen LogP contribution in [0.2, 0.25) is 0 Å². The van der Waals surface area contributed by atoms with E-state index in [-0.39, 0.29) is 11.6 Å². The largest absolute Gasteiger partial charge is 0.489 e. The predicted octanol–water partition coefficient (Wildman–Crippen LogP) is 1.76. The molecule has 0 unspecified atom stereocenters. The first-order chi connectivity index (χ1) is 9.65. The van der Waals surface area contributed by atoms with Gasteiger partial charge in [-0.15, -0.1) is 5.10 Å². The Morgan fingerprint density at radius 3 is 2.85 bits per heavy atom. The number of anilines is 1.